The number of nitrogens with zero attached hydrogens (tertiary/aromatic N) is 1. The quantitative estimate of drug-likeness (QED) is 0.455. The Bertz CT molecular complexity index is 430. The molecule has 1 aromatic carbocycles. The van der Waals surface area contributed by atoms with Gasteiger partial charge in [0.15, 0.2) is 0 Å². The van der Waals surface area contributed by atoms with Crippen LogP contribution in [0.3, 0.4) is 0 Å². The van der Waals surface area contributed by atoms with Gasteiger partial charge in [-0.3, -0.25) is 14.9 Å². The zero-order chi connectivity index (χ0) is 14.3. The van der Waals surface area contributed by atoms with Crippen LogP contribution in [0.2, 0.25) is 0 Å². The number of aliphatic hydroxyl groups excluding tert-OH is 1. The Balaban J connectivity index is 2.29. The summed E-state index contributed by atoms with van der Waals surface area (Å²) in [5.74, 6) is 0.0284. The highest BCUT2D eigenvalue weighted by Crippen LogP contribution is 2.17. The second-order valence-corrected chi connectivity index (χ2v) is 3.84. The second-order valence-electron chi connectivity index (χ2n) is 3.84. The maximum Gasteiger partial charge on any atom is 0.302 e. The summed E-state index contributed by atoms with van der Waals surface area (Å²) in [5, 5.41) is 19.9. The second kappa shape index (κ2) is 7.32. The Morgan fingerprint density at radius 1 is 1.42 bits per heavy atom. The Morgan fingerprint density at radius 2 is 2.05 bits per heavy atom. The molecule has 0 fully saturated rings. The molecule has 1 aromatic rings. The van der Waals surface area contributed by atoms with Crippen molar-refractivity contribution in [3.63, 3.8) is 0 Å². The number of carbonyl (C=O) groups excluding carboxylic acids is 1. The molecule has 0 unspecified atom stereocenters. The van der Waals surface area contributed by atoms with Gasteiger partial charge in [0, 0.05) is 25.5 Å². The van der Waals surface area contributed by atoms with Crippen molar-refractivity contribution in [3.05, 3.63) is 34.4 Å². The number of rotatable bonds is 7. The van der Waals surface area contributed by atoms with Crippen molar-refractivity contribution in [2.75, 3.05) is 13.2 Å². The average Bonchev–Trinajstić information content (AvgIpc) is 2.37. The molecule has 0 radical (unpaired) electrons. The van der Waals surface area contributed by atoms with Gasteiger partial charge in [0.1, 0.15) is 12.4 Å². The van der Waals surface area contributed by atoms with Crippen molar-refractivity contribution in [3.8, 4) is 5.75 Å². The average molecular weight is 269 g/mol. The minimum Gasteiger partial charge on any atom is -0.493 e. The fraction of sp³-hybridized carbons (Fsp3) is 0.417. The first-order valence-electron chi connectivity index (χ1n) is 5.67. The third kappa shape index (κ3) is 5.82. The molecule has 0 aliphatic carbocycles. The Morgan fingerprint density at radius 3 is 2.58 bits per heavy atom. The van der Waals surface area contributed by atoms with Crippen molar-refractivity contribution in [2.24, 2.45) is 0 Å². The number of carbonyl (C=O) groups is 1. The molecule has 7 nitrogen and oxygen atoms in total. The van der Waals surface area contributed by atoms with E-state index in [4.69, 9.17) is 4.74 Å². The number of esters is 1. The largest absolute Gasteiger partial charge is 0.493 e. The van der Waals surface area contributed by atoms with E-state index < -0.39 is 17.0 Å². The van der Waals surface area contributed by atoms with Crippen LogP contribution in [0, 0.1) is 10.1 Å². The number of nitro benzene ring substituents is 1. The predicted molar refractivity (Wildman–Crippen MR) is 65.8 cm³/mol. The first-order valence-corrected chi connectivity index (χ1v) is 5.67. The molecule has 0 aliphatic heterocycles. The van der Waals surface area contributed by atoms with Gasteiger partial charge in [-0.05, 0) is 12.1 Å². The highest BCUT2D eigenvalue weighted by atomic mass is 16.6. The van der Waals surface area contributed by atoms with Crippen LogP contribution in [0.5, 0.6) is 5.75 Å². The van der Waals surface area contributed by atoms with Crippen molar-refractivity contribution in [1.82, 2.24) is 0 Å². The molecule has 0 saturated heterocycles. The topological polar surface area (TPSA) is 98.9 Å². The van der Waals surface area contributed by atoms with Crippen LogP contribution in [-0.2, 0) is 9.53 Å². The molecule has 104 valence electrons. The Labute approximate surface area is 109 Å². The number of hydrogen-bond acceptors (Lipinski definition) is 6. The lowest BCUT2D eigenvalue weighted by molar-refractivity contribution is -0.384. The summed E-state index contributed by atoms with van der Waals surface area (Å²) in [4.78, 5) is 20.5. The Hall–Kier alpha value is -2.15. The van der Waals surface area contributed by atoms with Crippen LogP contribution in [0.4, 0.5) is 5.69 Å². The summed E-state index contributed by atoms with van der Waals surface area (Å²) in [5.41, 5.74) is -0.0118. The van der Waals surface area contributed by atoms with Gasteiger partial charge in [-0.15, -0.1) is 0 Å². The van der Waals surface area contributed by atoms with E-state index in [2.05, 4.69) is 4.74 Å². The highest BCUT2D eigenvalue weighted by molar-refractivity contribution is 5.65. The van der Waals surface area contributed by atoms with E-state index >= 15 is 0 Å². The van der Waals surface area contributed by atoms with Crippen LogP contribution in [-0.4, -0.2) is 35.3 Å². The monoisotopic (exact) mass is 269 g/mol. The third-order valence-electron chi connectivity index (χ3n) is 2.25. The van der Waals surface area contributed by atoms with E-state index in [0.29, 0.717) is 12.2 Å². The lowest BCUT2D eigenvalue weighted by Gasteiger charge is -2.11. The van der Waals surface area contributed by atoms with Crippen LogP contribution in [0.15, 0.2) is 24.3 Å². The van der Waals surface area contributed by atoms with Gasteiger partial charge in [-0.1, -0.05) is 0 Å². The van der Waals surface area contributed by atoms with Crippen molar-refractivity contribution >= 4 is 11.7 Å². The molecule has 1 atom stereocenters. The highest BCUT2D eigenvalue weighted by Gasteiger charge is 2.08. The van der Waals surface area contributed by atoms with E-state index in [0.717, 1.165) is 0 Å². The minimum atomic E-state index is -0.790. The molecule has 0 aromatic heterocycles. The van der Waals surface area contributed by atoms with Gasteiger partial charge < -0.3 is 14.6 Å². The van der Waals surface area contributed by atoms with Gasteiger partial charge in [0.2, 0.25) is 0 Å². The van der Waals surface area contributed by atoms with Crippen LogP contribution in [0.1, 0.15) is 13.3 Å². The molecule has 1 rings (SSSR count). The first-order chi connectivity index (χ1) is 8.99. The van der Waals surface area contributed by atoms with E-state index in [-0.39, 0.29) is 18.9 Å². The van der Waals surface area contributed by atoms with Crippen LogP contribution in [0.25, 0.3) is 0 Å². The van der Waals surface area contributed by atoms with Gasteiger partial charge in [-0.25, -0.2) is 0 Å². The van der Waals surface area contributed by atoms with Crippen molar-refractivity contribution < 1.29 is 24.3 Å². The lowest BCUT2D eigenvalue weighted by atomic mass is 10.3. The first kappa shape index (κ1) is 14.9. The van der Waals surface area contributed by atoms with Crippen LogP contribution >= 0.6 is 0 Å². The number of non-ortho nitro benzene ring substituents is 1. The zero-order valence-electron chi connectivity index (χ0n) is 10.4. The molecule has 7 heteroatoms. The number of aliphatic hydroxyl groups is 1. The molecule has 1 N–H and O–H groups in total. The van der Waals surface area contributed by atoms with E-state index in [1.807, 2.05) is 0 Å². The van der Waals surface area contributed by atoms with Crippen LogP contribution < -0.4 is 4.74 Å². The number of hydrogen-bond donors (Lipinski definition) is 1. The molecule has 0 bridgehead atoms. The third-order valence-corrected chi connectivity index (χ3v) is 2.25. The SMILES string of the molecule is CC(=O)OC[C@@H](O)CCOc1ccc([N+](=O)[O-])cc1. The summed E-state index contributed by atoms with van der Waals surface area (Å²) < 4.78 is 9.92. The maximum absolute atomic E-state index is 10.5. The van der Waals surface area contributed by atoms with Gasteiger partial charge in [0.05, 0.1) is 17.6 Å². The molecular weight excluding hydrogens is 254 g/mol. The molecule has 0 spiro atoms. The fourth-order valence-electron chi connectivity index (χ4n) is 1.27. The number of benzene rings is 1. The molecule has 0 heterocycles. The Kier molecular flexibility index (Phi) is 5.74. The standard InChI is InChI=1S/C12H15NO6/c1-9(14)19-8-11(15)6-7-18-12-4-2-10(3-5-12)13(16)17/h2-5,11,15H,6-8H2,1H3/t11-/m0/s1. The molecule has 0 saturated carbocycles. The van der Waals surface area contributed by atoms with Gasteiger partial charge >= 0.3 is 5.97 Å². The maximum atomic E-state index is 10.5. The number of ether oxygens (including phenoxy) is 2. The van der Waals surface area contributed by atoms with Gasteiger partial charge in [0.25, 0.3) is 5.69 Å². The number of nitro groups is 1. The van der Waals surface area contributed by atoms with E-state index in [1.165, 1.54) is 31.2 Å². The van der Waals surface area contributed by atoms with E-state index in [1.54, 1.807) is 0 Å². The minimum absolute atomic E-state index is 0.0118. The summed E-state index contributed by atoms with van der Waals surface area (Å²) in [6.07, 6.45) is -0.494. The molecule has 0 amide bonds. The lowest BCUT2D eigenvalue weighted by Crippen LogP contribution is -2.19. The van der Waals surface area contributed by atoms with Gasteiger partial charge in [-0.2, -0.15) is 0 Å². The smallest absolute Gasteiger partial charge is 0.302 e. The summed E-state index contributed by atoms with van der Waals surface area (Å²) >= 11 is 0. The summed E-state index contributed by atoms with van der Waals surface area (Å²) in [6.45, 7) is 1.42. The predicted octanol–water partition coefficient (Wildman–Crippen LogP) is 1.29. The summed E-state index contributed by atoms with van der Waals surface area (Å²) in [7, 11) is 0. The normalized spacial score (nSPS) is 11.7. The summed E-state index contributed by atoms with van der Waals surface area (Å²) in [6, 6.07) is 5.64. The molecule has 0 aliphatic rings. The van der Waals surface area contributed by atoms with Crippen molar-refractivity contribution in [1.29, 1.82) is 0 Å². The molecular formula is C12H15NO6. The van der Waals surface area contributed by atoms with E-state index in [9.17, 15) is 20.0 Å². The molecule has 19 heavy (non-hydrogen) atoms. The van der Waals surface area contributed by atoms with Crippen molar-refractivity contribution in [2.45, 2.75) is 19.4 Å². The zero-order valence-corrected chi connectivity index (χ0v) is 10.4. The fourth-order valence-corrected chi connectivity index (χ4v) is 1.27.